The Morgan fingerprint density at radius 1 is 0.193 bits per heavy atom. The molecule has 28 aromatic rings. The molecule has 7 heterocycles. The van der Waals surface area contributed by atoms with Crippen molar-refractivity contribution < 1.29 is 9.31 Å². The zero-order chi connectivity index (χ0) is 101. The van der Waals surface area contributed by atoms with Gasteiger partial charge in [0.15, 0.2) is 8.07 Å². The molecule has 0 unspecified atom stereocenters. The minimum absolute atomic E-state index is 0.330. The molecule has 8 nitrogen and oxygen atoms in total. The van der Waals surface area contributed by atoms with Gasteiger partial charge >= 0.3 is 7.12 Å². The first-order valence-electron chi connectivity index (χ1n) is 51.2. The number of hydrogen-bond acceptors (Lipinski definition) is 2. The van der Waals surface area contributed by atoms with Gasteiger partial charge in [0.2, 0.25) is 0 Å². The quantitative estimate of drug-likeness (QED) is 0.0924. The SMILES string of the molecule is Brc1ccc(-n2c3ccccc3c3ccccc32)cc1.Brc1cccc(-c2ccc(-n3c4ccccc4c4ccccc43)cc2)c1.CC1(C)OB(c2ccc(-n3c4ccccc4c4ccccc43)cc2)OC1(C)C.c1ccc([Si](c2ccccc2)(c2cccc(-c3ccc(-n4c5ccccc5c5ccccc54)cc3)c2)c2cccc(-c3ccc(-n4c5ccccc5c5ccccc54)cc3)c2)cc1.c1ccc2c(c1)[nH]c1ccccc12. The van der Waals surface area contributed by atoms with Gasteiger partial charge in [-0.2, -0.15) is 0 Å². The van der Waals surface area contributed by atoms with Gasteiger partial charge in [-0.05, 0) is 245 Å². The Labute approximate surface area is 889 Å². The fourth-order valence-corrected chi connectivity index (χ4v) is 28.0. The van der Waals surface area contributed by atoms with Crippen LogP contribution in [0.2, 0.25) is 0 Å². The number of fused-ring (bicyclic) bond motifs is 18. The highest BCUT2D eigenvalue weighted by atomic mass is 79.9. The summed E-state index contributed by atoms with van der Waals surface area (Å²) in [6.07, 6.45) is 0. The highest BCUT2D eigenvalue weighted by Gasteiger charge is 2.52. The van der Waals surface area contributed by atoms with E-state index in [1.54, 1.807) is 0 Å². The molecule has 0 spiro atoms. The minimum Gasteiger partial charge on any atom is -0.399 e. The lowest BCUT2D eigenvalue weighted by atomic mass is 9.79. The molecular formula is C138H103BBr2N6O2Si. The predicted molar refractivity (Wildman–Crippen MR) is 644 cm³/mol. The van der Waals surface area contributed by atoms with Crippen LogP contribution in [0.25, 0.3) is 193 Å². The highest BCUT2D eigenvalue weighted by Crippen LogP contribution is 2.42. The van der Waals surface area contributed by atoms with E-state index in [1.165, 1.54) is 196 Å². The number of nitrogens with one attached hydrogen (secondary N) is 1. The third-order valence-electron chi connectivity index (χ3n) is 30.3. The second-order valence-electron chi connectivity index (χ2n) is 39.5. The van der Waals surface area contributed by atoms with Crippen molar-refractivity contribution in [3.63, 3.8) is 0 Å². The predicted octanol–water partition coefficient (Wildman–Crippen LogP) is 33.8. The molecule has 1 fully saturated rings. The topological polar surface area (TPSA) is 58.9 Å². The summed E-state index contributed by atoms with van der Waals surface area (Å²) in [6, 6.07) is 197. The lowest BCUT2D eigenvalue weighted by Gasteiger charge is -2.35. The van der Waals surface area contributed by atoms with Crippen LogP contribution in [0.4, 0.5) is 0 Å². The Morgan fingerprint density at radius 2 is 0.413 bits per heavy atom. The van der Waals surface area contributed by atoms with Gasteiger partial charge in [-0.1, -0.05) is 420 Å². The van der Waals surface area contributed by atoms with Gasteiger partial charge in [0.25, 0.3) is 0 Å². The fraction of sp³-hybridized carbons (Fsp3) is 0.0435. The van der Waals surface area contributed by atoms with Crippen LogP contribution in [0.15, 0.2) is 555 Å². The Balaban J connectivity index is 0.000000110. The number of H-pyrrole nitrogens is 1. The van der Waals surface area contributed by atoms with Gasteiger partial charge in [0.05, 0.1) is 66.4 Å². The first-order valence-corrected chi connectivity index (χ1v) is 54.8. The average Bonchev–Trinajstić information content (AvgIpc) is 1.28. The third-order valence-corrected chi connectivity index (χ3v) is 36.1. The molecule has 0 saturated carbocycles. The van der Waals surface area contributed by atoms with E-state index in [-0.39, 0.29) is 18.3 Å². The third kappa shape index (κ3) is 17.2. The van der Waals surface area contributed by atoms with Crippen molar-refractivity contribution in [3.8, 4) is 61.8 Å². The van der Waals surface area contributed by atoms with Gasteiger partial charge in [0, 0.05) is 113 Å². The molecular weight excluding hydrogens is 1970 g/mol. The van der Waals surface area contributed by atoms with Crippen molar-refractivity contribution in [1.29, 1.82) is 0 Å². The maximum Gasteiger partial charge on any atom is 0.494 e. The molecule has 29 rings (SSSR count). The number of nitrogens with zero attached hydrogens (tertiary/aromatic N) is 5. The van der Waals surface area contributed by atoms with Crippen LogP contribution in [0, 0.1) is 0 Å². The summed E-state index contributed by atoms with van der Waals surface area (Å²) in [5, 5.41) is 20.8. The minimum atomic E-state index is -2.87. The van der Waals surface area contributed by atoms with Crippen LogP contribution in [-0.2, 0) is 9.31 Å². The maximum atomic E-state index is 6.19. The molecule has 6 aromatic heterocycles. The number of aromatic amines is 1. The summed E-state index contributed by atoms with van der Waals surface area (Å²) in [4.78, 5) is 3.38. The van der Waals surface area contributed by atoms with E-state index in [0.29, 0.717) is 0 Å². The van der Waals surface area contributed by atoms with Crippen molar-refractivity contribution in [2.75, 3.05) is 0 Å². The number of halogens is 2. The first-order chi connectivity index (χ1) is 73.7. The monoisotopic (exact) mass is 2070 g/mol. The van der Waals surface area contributed by atoms with Crippen molar-refractivity contribution in [2.24, 2.45) is 0 Å². The largest absolute Gasteiger partial charge is 0.494 e. The van der Waals surface area contributed by atoms with Crippen LogP contribution in [0.1, 0.15) is 27.7 Å². The number of benzene rings is 22. The van der Waals surface area contributed by atoms with Crippen LogP contribution < -0.4 is 26.2 Å². The summed E-state index contributed by atoms with van der Waals surface area (Å²) in [7, 11) is -3.20. The molecule has 718 valence electrons. The van der Waals surface area contributed by atoms with E-state index in [9.17, 15) is 0 Å². The van der Waals surface area contributed by atoms with Crippen LogP contribution in [0.5, 0.6) is 0 Å². The van der Waals surface area contributed by atoms with Crippen molar-refractivity contribution in [1.82, 2.24) is 27.8 Å². The van der Waals surface area contributed by atoms with Crippen molar-refractivity contribution in [2.45, 2.75) is 38.9 Å². The first kappa shape index (κ1) is 93.8. The number of aromatic nitrogens is 6. The summed E-state index contributed by atoms with van der Waals surface area (Å²) < 4.78 is 26.3. The van der Waals surface area contributed by atoms with E-state index in [1.807, 2.05) is 0 Å². The zero-order valence-corrected chi connectivity index (χ0v) is 87.5. The van der Waals surface area contributed by atoms with E-state index in [0.717, 1.165) is 31.5 Å². The van der Waals surface area contributed by atoms with E-state index < -0.39 is 8.07 Å². The van der Waals surface area contributed by atoms with Gasteiger partial charge in [-0.15, -0.1) is 0 Å². The van der Waals surface area contributed by atoms with Gasteiger partial charge in [-0.3, -0.25) is 0 Å². The molecule has 150 heavy (non-hydrogen) atoms. The summed E-state index contributed by atoms with van der Waals surface area (Å²) in [6.45, 7) is 8.33. The van der Waals surface area contributed by atoms with Crippen molar-refractivity contribution in [3.05, 3.63) is 555 Å². The molecule has 1 N–H and O–H groups in total. The van der Waals surface area contributed by atoms with Gasteiger partial charge < -0.3 is 37.1 Å². The standard InChI is InChI=1S/C60H42N2Si.C24H24BNO2.C24H16BrN.C18H12BrN.C12H9N/c1-3-19-49(20-4-1)63(50-21-5-2-6-22-50,51-23-15-17-45(41-51)43-33-37-47(38-34-43)61-57-29-11-7-25-53(57)54-26-8-12-30-58(54)61)52-24-16-18-46(42-52)44-35-39-48(40-36-44)62-59-31-13-9-27-55(59)56-28-10-14-32-60(56)62;1-23(2)24(3,4)28-25(27-23)17-13-15-18(16-14-17)26-21-11-7-5-9-19(21)20-10-6-8-12-22(20)26;25-19-7-5-6-18(16-19)17-12-14-20(15-13-17)26-23-10-3-1-8-21(23)22-9-2-4-11-24(22)26;19-13-9-11-14(12-10-13)20-17-7-3-1-5-15(17)16-6-2-4-8-18(16)20;1-3-7-11-9(5-1)10-6-2-4-8-12(10)13-11/h1-42H;5-16H,1-4H3;1-16H;1-12H;1-8,13H. The Hall–Kier alpha value is -17.2. The molecule has 1 aliphatic rings. The summed E-state index contributed by atoms with van der Waals surface area (Å²) in [5.74, 6) is 0. The molecule has 0 bridgehead atoms. The molecule has 12 heteroatoms. The normalized spacial score (nSPS) is 12.8. The van der Waals surface area contributed by atoms with E-state index >= 15 is 0 Å². The Morgan fingerprint density at radius 3 is 0.687 bits per heavy atom. The molecule has 0 aliphatic carbocycles. The van der Waals surface area contributed by atoms with Crippen molar-refractivity contribution >= 4 is 204 Å². The summed E-state index contributed by atoms with van der Waals surface area (Å²) >= 11 is 7.05. The maximum absolute atomic E-state index is 6.19. The molecule has 0 atom stereocenters. The molecule has 0 radical (unpaired) electrons. The average molecular weight is 2080 g/mol. The van der Waals surface area contributed by atoms with Crippen LogP contribution >= 0.6 is 31.9 Å². The second kappa shape index (κ2) is 39.9. The van der Waals surface area contributed by atoms with E-state index in [4.69, 9.17) is 9.31 Å². The molecule has 1 saturated heterocycles. The second-order valence-corrected chi connectivity index (χ2v) is 45.2. The number of para-hydroxylation sites is 12. The lowest BCUT2D eigenvalue weighted by molar-refractivity contribution is 0.00578. The van der Waals surface area contributed by atoms with Crippen LogP contribution in [-0.4, -0.2) is 54.2 Å². The smallest absolute Gasteiger partial charge is 0.399 e. The van der Waals surface area contributed by atoms with Gasteiger partial charge in [-0.25, -0.2) is 0 Å². The number of hydrogen-bond donors (Lipinski definition) is 1. The Kier molecular flexibility index (Phi) is 24.9. The van der Waals surface area contributed by atoms with Crippen LogP contribution in [0.3, 0.4) is 0 Å². The zero-order valence-electron chi connectivity index (χ0n) is 83.3. The highest BCUT2D eigenvalue weighted by molar-refractivity contribution is 9.10. The fourth-order valence-electron chi connectivity index (χ4n) is 22.5. The Bertz CT molecular complexity index is 9300. The lowest BCUT2D eigenvalue weighted by Crippen LogP contribution is -2.74. The molecule has 1 aliphatic heterocycles. The van der Waals surface area contributed by atoms with Gasteiger partial charge in [0.1, 0.15) is 0 Å². The van der Waals surface area contributed by atoms with E-state index in [2.05, 4.69) is 633 Å². The molecule has 0 amide bonds. The number of rotatable bonds is 13. The summed E-state index contributed by atoms with van der Waals surface area (Å²) in [5.41, 5.74) is 28.2. The molecule has 22 aromatic carbocycles.